The Labute approximate surface area is 159 Å². The van der Waals surface area contributed by atoms with Crippen LogP contribution >= 0.6 is 0 Å². The van der Waals surface area contributed by atoms with Gasteiger partial charge in [-0.15, -0.1) is 0 Å². The molecular weight excluding hydrogens is 344 g/mol. The molecule has 3 rings (SSSR count). The van der Waals surface area contributed by atoms with Crippen LogP contribution in [0.4, 0.5) is 0 Å². The number of ether oxygens (including phenoxy) is 2. The van der Waals surface area contributed by atoms with Crippen molar-refractivity contribution in [3.05, 3.63) is 71.3 Å². The fourth-order valence-electron chi connectivity index (χ4n) is 3.07. The maximum atomic E-state index is 12.3. The standard InChI is InChI=1S/C21H24N2O4/c1-26-21(25)18-9-7-17(8-10-18)20(24)22-13-19-15-23(11-12-27-19)14-16-5-3-2-4-6-16/h2-10,19H,11-15H2,1H3,(H,22,24). The summed E-state index contributed by atoms with van der Waals surface area (Å²) in [6.45, 7) is 3.64. The quantitative estimate of drug-likeness (QED) is 0.791. The number of nitrogens with one attached hydrogen (secondary N) is 1. The first-order valence-corrected chi connectivity index (χ1v) is 9.00. The van der Waals surface area contributed by atoms with Crippen LogP contribution in [0, 0.1) is 0 Å². The fraction of sp³-hybridized carbons (Fsp3) is 0.333. The summed E-state index contributed by atoms with van der Waals surface area (Å²) in [6, 6.07) is 16.7. The Hall–Kier alpha value is -2.70. The Balaban J connectivity index is 1.48. The van der Waals surface area contributed by atoms with Crippen molar-refractivity contribution in [3.63, 3.8) is 0 Å². The van der Waals surface area contributed by atoms with E-state index < -0.39 is 5.97 Å². The average molecular weight is 368 g/mol. The molecule has 0 spiro atoms. The minimum absolute atomic E-state index is 0.0410. The highest BCUT2D eigenvalue weighted by Gasteiger charge is 2.21. The number of hydrogen-bond donors (Lipinski definition) is 1. The molecule has 0 bridgehead atoms. The van der Waals surface area contributed by atoms with Crippen molar-refractivity contribution < 1.29 is 19.1 Å². The molecule has 1 aliphatic rings. The van der Waals surface area contributed by atoms with Gasteiger partial charge in [0.15, 0.2) is 0 Å². The zero-order chi connectivity index (χ0) is 19.1. The molecule has 1 fully saturated rings. The van der Waals surface area contributed by atoms with Crippen LogP contribution in [-0.4, -0.2) is 56.2 Å². The van der Waals surface area contributed by atoms with Gasteiger partial charge < -0.3 is 14.8 Å². The van der Waals surface area contributed by atoms with E-state index in [0.717, 1.165) is 19.6 Å². The van der Waals surface area contributed by atoms with Crippen molar-refractivity contribution in [2.45, 2.75) is 12.6 Å². The Bertz CT molecular complexity index is 762. The summed E-state index contributed by atoms with van der Waals surface area (Å²) >= 11 is 0. The number of carbonyl (C=O) groups is 2. The fourth-order valence-corrected chi connectivity index (χ4v) is 3.07. The number of esters is 1. The molecule has 2 aromatic rings. The van der Waals surface area contributed by atoms with Crippen LogP contribution < -0.4 is 5.32 Å². The lowest BCUT2D eigenvalue weighted by atomic mass is 10.1. The maximum Gasteiger partial charge on any atom is 0.337 e. The number of morpholine rings is 1. The van der Waals surface area contributed by atoms with Crippen molar-refractivity contribution in [1.29, 1.82) is 0 Å². The minimum Gasteiger partial charge on any atom is -0.465 e. The molecule has 2 aromatic carbocycles. The summed E-state index contributed by atoms with van der Waals surface area (Å²) in [5.41, 5.74) is 2.19. The largest absolute Gasteiger partial charge is 0.465 e. The van der Waals surface area contributed by atoms with E-state index in [9.17, 15) is 9.59 Å². The summed E-state index contributed by atoms with van der Waals surface area (Å²) in [5.74, 6) is -0.605. The van der Waals surface area contributed by atoms with E-state index in [2.05, 4.69) is 27.1 Å². The Morgan fingerprint density at radius 3 is 2.52 bits per heavy atom. The maximum absolute atomic E-state index is 12.3. The van der Waals surface area contributed by atoms with Gasteiger partial charge in [-0.25, -0.2) is 4.79 Å². The Kier molecular flexibility index (Phi) is 6.57. The molecular formula is C21H24N2O4. The lowest BCUT2D eigenvalue weighted by molar-refractivity contribution is -0.0292. The molecule has 6 nitrogen and oxygen atoms in total. The zero-order valence-electron chi connectivity index (χ0n) is 15.4. The first kappa shape index (κ1) is 19.1. The predicted octanol–water partition coefficient (Wildman–Crippen LogP) is 2.10. The smallest absolute Gasteiger partial charge is 0.337 e. The van der Waals surface area contributed by atoms with Crippen LogP contribution in [-0.2, 0) is 16.0 Å². The first-order chi connectivity index (χ1) is 13.2. The van der Waals surface area contributed by atoms with Crippen LogP contribution in [0.2, 0.25) is 0 Å². The molecule has 0 aromatic heterocycles. The highest BCUT2D eigenvalue weighted by atomic mass is 16.5. The predicted molar refractivity (Wildman–Crippen MR) is 102 cm³/mol. The topological polar surface area (TPSA) is 67.9 Å². The third-order valence-electron chi connectivity index (χ3n) is 4.53. The van der Waals surface area contributed by atoms with Crippen LogP contribution in [0.1, 0.15) is 26.3 Å². The minimum atomic E-state index is -0.420. The van der Waals surface area contributed by atoms with Gasteiger partial charge in [0, 0.05) is 31.7 Å². The average Bonchev–Trinajstić information content (AvgIpc) is 2.72. The second-order valence-corrected chi connectivity index (χ2v) is 6.49. The first-order valence-electron chi connectivity index (χ1n) is 9.00. The van der Waals surface area contributed by atoms with E-state index in [4.69, 9.17) is 4.74 Å². The lowest BCUT2D eigenvalue weighted by Gasteiger charge is -2.33. The summed E-state index contributed by atoms with van der Waals surface area (Å²) in [7, 11) is 1.33. The highest BCUT2D eigenvalue weighted by Crippen LogP contribution is 2.11. The molecule has 1 amide bonds. The van der Waals surface area contributed by atoms with Gasteiger partial charge in [0.25, 0.3) is 5.91 Å². The summed E-state index contributed by atoms with van der Waals surface area (Å²) in [5, 5.41) is 2.91. The molecule has 1 aliphatic heterocycles. The van der Waals surface area contributed by atoms with Gasteiger partial charge in [-0.1, -0.05) is 30.3 Å². The SMILES string of the molecule is COC(=O)c1ccc(C(=O)NCC2CN(Cc3ccccc3)CCO2)cc1. The third kappa shape index (κ3) is 5.39. The molecule has 6 heteroatoms. The molecule has 0 radical (unpaired) electrons. The molecule has 1 heterocycles. The van der Waals surface area contributed by atoms with Gasteiger partial charge in [0.05, 0.1) is 25.4 Å². The van der Waals surface area contributed by atoms with E-state index in [1.165, 1.54) is 12.7 Å². The number of nitrogens with zero attached hydrogens (tertiary/aromatic N) is 1. The van der Waals surface area contributed by atoms with Gasteiger partial charge in [-0.05, 0) is 29.8 Å². The van der Waals surface area contributed by atoms with Gasteiger partial charge in [0.2, 0.25) is 0 Å². The summed E-state index contributed by atoms with van der Waals surface area (Å²) in [6.07, 6.45) is -0.0410. The molecule has 0 saturated carbocycles. The number of carbonyl (C=O) groups excluding carboxylic acids is 2. The van der Waals surface area contributed by atoms with E-state index >= 15 is 0 Å². The third-order valence-corrected chi connectivity index (χ3v) is 4.53. The van der Waals surface area contributed by atoms with E-state index in [0.29, 0.717) is 24.3 Å². The lowest BCUT2D eigenvalue weighted by Crippen LogP contribution is -2.47. The molecule has 1 saturated heterocycles. The monoisotopic (exact) mass is 368 g/mol. The summed E-state index contributed by atoms with van der Waals surface area (Å²) < 4.78 is 10.4. The molecule has 0 aliphatic carbocycles. The highest BCUT2D eigenvalue weighted by molar-refractivity contribution is 5.96. The number of methoxy groups -OCH3 is 1. The van der Waals surface area contributed by atoms with Crippen LogP contribution in [0.3, 0.4) is 0 Å². The van der Waals surface area contributed by atoms with Crippen LogP contribution in [0.25, 0.3) is 0 Å². The molecule has 1 atom stereocenters. The zero-order valence-corrected chi connectivity index (χ0v) is 15.4. The van der Waals surface area contributed by atoms with Gasteiger partial charge in [0.1, 0.15) is 0 Å². The van der Waals surface area contributed by atoms with Gasteiger partial charge >= 0.3 is 5.97 Å². The number of hydrogen-bond acceptors (Lipinski definition) is 5. The van der Waals surface area contributed by atoms with Crippen molar-refractivity contribution in [3.8, 4) is 0 Å². The van der Waals surface area contributed by atoms with E-state index in [-0.39, 0.29) is 12.0 Å². The van der Waals surface area contributed by atoms with E-state index in [1.807, 2.05) is 18.2 Å². The molecule has 1 N–H and O–H groups in total. The van der Waals surface area contributed by atoms with E-state index in [1.54, 1.807) is 24.3 Å². The Morgan fingerprint density at radius 2 is 1.81 bits per heavy atom. The number of amides is 1. The second-order valence-electron chi connectivity index (χ2n) is 6.49. The van der Waals surface area contributed by atoms with Crippen LogP contribution in [0.15, 0.2) is 54.6 Å². The molecule has 1 unspecified atom stereocenters. The van der Waals surface area contributed by atoms with Crippen molar-refractivity contribution in [2.75, 3.05) is 33.4 Å². The van der Waals surface area contributed by atoms with Gasteiger partial charge in [-0.3, -0.25) is 9.69 Å². The van der Waals surface area contributed by atoms with Crippen molar-refractivity contribution in [2.24, 2.45) is 0 Å². The Morgan fingerprint density at radius 1 is 1.11 bits per heavy atom. The molecule has 27 heavy (non-hydrogen) atoms. The van der Waals surface area contributed by atoms with Crippen LogP contribution in [0.5, 0.6) is 0 Å². The van der Waals surface area contributed by atoms with Crippen molar-refractivity contribution in [1.82, 2.24) is 10.2 Å². The molecule has 142 valence electrons. The second kappa shape index (κ2) is 9.30. The normalized spacial score (nSPS) is 17.3. The number of rotatable bonds is 6. The van der Waals surface area contributed by atoms with Gasteiger partial charge in [-0.2, -0.15) is 0 Å². The summed E-state index contributed by atoms with van der Waals surface area (Å²) in [4.78, 5) is 26.1. The number of benzene rings is 2. The van der Waals surface area contributed by atoms with Crippen molar-refractivity contribution >= 4 is 11.9 Å².